The van der Waals surface area contributed by atoms with Gasteiger partial charge in [0.2, 0.25) is 21.1 Å². The van der Waals surface area contributed by atoms with Crippen molar-refractivity contribution in [2.75, 3.05) is 22.4 Å². The molecule has 32 heavy (non-hydrogen) atoms. The second kappa shape index (κ2) is 9.22. The molecule has 1 heterocycles. The molecule has 0 unspecified atom stereocenters. The van der Waals surface area contributed by atoms with E-state index in [1.807, 2.05) is 0 Å². The number of hydrogen-bond acceptors (Lipinski definition) is 6. The van der Waals surface area contributed by atoms with Crippen molar-refractivity contribution in [1.82, 2.24) is 10.2 Å². The van der Waals surface area contributed by atoms with Crippen LogP contribution in [0.1, 0.15) is 5.56 Å². The molecule has 1 amide bonds. The van der Waals surface area contributed by atoms with Crippen LogP contribution in [0.15, 0.2) is 42.5 Å². The summed E-state index contributed by atoms with van der Waals surface area (Å²) in [6.45, 7) is -0.824. The highest BCUT2D eigenvalue weighted by Gasteiger charge is 2.33. The Morgan fingerprint density at radius 1 is 1.12 bits per heavy atom. The summed E-state index contributed by atoms with van der Waals surface area (Å²) in [6.07, 6.45) is -3.98. The number of benzene rings is 2. The highest BCUT2D eigenvalue weighted by atomic mass is 35.5. The van der Waals surface area contributed by atoms with Gasteiger partial charge in [-0.25, -0.2) is 8.42 Å². The molecule has 0 fully saturated rings. The van der Waals surface area contributed by atoms with Crippen LogP contribution in [0.4, 0.5) is 24.0 Å². The molecule has 0 aliphatic carbocycles. The number of carbonyl (C=O) groups excluding carboxylic acids is 1. The summed E-state index contributed by atoms with van der Waals surface area (Å²) in [5, 5.41) is 11.0. The van der Waals surface area contributed by atoms with E-state index >= 15 is 0 Å². The molecule has 0 atom stereocenters. The predicted molar refractivity (Wildman–Crippen MR) is 118 cm³/mol. The van der Waals surface area contributed by atoms with E-state index in [9.17, 15) is 26.4 Å². The third-order valence-corrected chi connectivity index (χ3v) is 6.58. The average Bonchev–Trinajstić information content (AvgIpc) is 3.14. The highest BCUT2D eigenvalue weighted by Crippen LogP contribution is 2.36. The lowest BCUT2D eigenvalue weighted by atomic mass is 10.2. The summed E-state index contributed by atoms with van der Waals surface area (Å²) >= 11 is 12.8. The molecule has 0 aliphatic rings. The normalized spacial score (nSPS) is 11.9. The van der Waals surface area contributed by atoms with E-state index in [1.165, 1.54) is 0 Å². The number of aromatic nitrogens is 2. The van der Waals surface area contributed by atoms with Crippen molar-refractivity contribution in [1.29, 1.82) is 0 Å². The fourth-order valence-corrected chi connectivity index (χ4v) is 4.55. The van der Waals surface area contributed by atoms with Crippen molar-refractivity contribution < 1.29 is 26.4 Å². The van der Waals surface area contributed by atoms with Gasteiger partial charge in [-0.2, -0.15) is 13.2 Å². The van der Waals surface area contributed by atoms with Gasteiger partial charge >= 0.3 is 6.18 Å². The zero-order chi connectivity index (χ0) is 23.7. The quantitative estimate of drug-likeness (QED) is 0.493. The Balaban J connectivity index is 1.82. The number of hydrogen-bond donors (Lipinski definition) is 1. The van der Waals surface area contributed by atoms with E-state index in [-0.39, 0.29) is 10.2 Å². The van der Waals surface area contributed by atoms with E-state index in [2.05, 4.69) is 15.5 Å². The number of sulfonamides is 1. The van der Waals surface area contributed by atoms with Crippen LogP contribution < -0.4 is 9.62 Å². The minimum Gasteiger partial charge on any atom is -0.299 e. The SMILES string of the molecule is CS(=O)(=O)N(CC(=O)Nc1nnc(-c2ccc(Cl)cc2)s1)c1cc(C(F)(F)F)ccc1Cl. The van der Waals surface area contributed by atoms with Crippen LogP contribution in [-0.2, 0) is 21.0 Å². The molecule has 0 aliphatic heterocycles. The molecule has 2 aromatic carbocycles. The van der Waals surface area contributed by atoms with E-state index in [0.29, 0.717) is 32.0 Å². The molecule has 0 saturated heterocycles. The van der Waals surface area contributed by atoms with Gasteiger partial charge in [-0.05, 0) is 30.3 Å². The third kappa shape index (κ3) is 5.88. The lowest BCUT2D eigenvalue weighted by Gasteiger charge is -2.23. The molecule has 1 aromatic heterocycles. The Kier molecular flexibility index (Phi) is 6.98. The third-order valence-electron chi connectivity index (χ3n) is 3.99. The standard InChI is InChI=1S/C18H13Cl2F3N4O3S2/c1-32(29,30)27(14-8-11(18(21,22)23)4-7-13(14)20)9-15(28)24-17-26-25-16(31-17)10-2-5-12(19)6-3-10/h2-8H,9H2,1H3,(H,24,26,28). The van der Waals surface area contributed by atoms with Crippen molar-refractivity contribution in [2.24, 2.45) is 0 Å². The Bertz CT molecular complexity index is 1250. The predicted octanol–water partition coefficient (Wildman–Crippen LogP) is 4.94. The molecule has 1 N–H and O–H groups in total. The van der Waals surface area contributed by atoms with Crippen molar-refractivity contribution >= 4 is 61.3 Å². The number of anilines is 2. The van der Waals surface area contributed by atoms with E-state index < -0.39 is 39.9 Å². The Morgan fingerprint density at radius 2 is 1.78 bits per heavy atom. The Morgan fingerprint density at radius 3 is 2.38 bits per heavy atom. The van der Waals surface area contributed by atoms with E-state index in [1.54, 1.807) is 24.3 Å². The number of amides is 1. The number of rotatable bonds is 6. The summed E-state index contributed by atoms with van der Waals surface area (Å²) in [7, 11) is -4.16. The molecular formula is C18H13Cl2F3N4O3S2. The number of nitrogens with one attached hydrogen (secondary N) is 1. The summed E-state index contributed by atoms with van der Waals surface area (Å²) in [6, 6.07) is 8.91. The lowest BCUT2D eigenvalue weighted by molar-refractivity contribution is -0.137. The van der Waals surface area contributed by atoms with Crippen molar-refractivity contribution in [3.8, 4) is 10.6 Å². The molecule has 7 nitrogen and oxygen atoms in total. The fraction of sp³-hybridized carbons (Fsp3) is 0.167. The molecule has 0 saturated carbocycles. The van der Waals surface area contributed by atoms with Crippen LogP contribution in [0, 0.1) is 0 Å². The van der Waals surface area contributed by atoms with Gasteiger partial charge < -0.3 is 0 Å². The van der Waals surface area contributed by atoms with Crippen LogP contribution in [-0.4, -0.2) is 37.3 Å². The highest BCUT2D eigenvalue weighted by molar-refractivity contribution is 7.92. The fourth-order valence-electron chi connectivity index (χ4n) is 2.53. The molecule has 3 aromatic rings. The van der Waals surface area contributed by atoms with Crippen LogP contribution in [0.25, 0.3) is 10.6 Å². The van der Waals surface area contributed by atoms with Gasteiger partial charge in [0.1, 0.15) is 11.6 Å². The Hall–Kier alpha value is -2.41. The number of halogens is 5. The zero-order valence-electron chi connectivity index (χ0n) is 16.0. The maximum atomic E-state index is 13.1. The molecule has 3 rings (SSSR count). The minimum absolute atomic E-state index is 0.0727. The van der Waals surface area contributed by atoms with E-state index in [0.717, 1.165) is 23.7 Å². The topological polar surface area (TPSA) is 92.3 Å². The van der Waals surface area contributed by atoms with Crippen molar-refractivity contribution in [3.05, 3.63) is 58.1 Å². The Labute approximate surface area is 194 Å². The summed E-state index contributed by atoms with van der Waals surface area (Å²) in [5.74, 6) is -0.845. The van der Waals surface area contributed by atoms with Gasteiger partial charge in [-0.3, -0.25) is 14.4 Å². The van der Waals surface area contributed by atoms with Gasteiger partial charge in [0.05, 0.1) is 22.5 Å². The smallest absolute Gasteiger partial charge is 0.299 e. The van der Waals surface area contributed by atoms with Crippen LogP contribution in [0.3, 0.4) is 0 Å². The van der Waals surface area contributed by atoms with Crippen LogP contribution >= 0.6 is 34.5 Å². The number of alkyl halides is 3. The molecule has 0 bridgehead atoms. The largest absolute Gasteiger partial charge is 0.416 e. The molecule has 170 valence electrons. The molecule has 0 spiro atoms. The first-order valence-corrected chi connectivity index (χ1v) is 12.0. The molecular weight excluding hydrogens is 512 g/mol. The number of nitrogens with zero attached hydrogens (tertiary/aromatic N) is 3. The van der Waals surface area contributed by atoms with Crippen molar-refractivity contribution in [2.45, 2.75) is 6.18 Å². The number of carbonyl (C=O) groups is 1. The second-order valence-electron chi connectivity index (χ2n) is 6.40. The first kappa shape index (κ1) is 24.2. The van der Waals surface area contributed by atoms with Crippen molar-refractivity contribution in [3.63, 3.8) is 0 Å². The summed E-state index contributed by atoms with van der Waals surface area (Å²) < 4.78 is 64.1. The maximum absolute atomic E-state index is 13.1. The average molecular weight is 525 g/mol. The van der Waals surface area contributed by atoms with Crippen LogP contribution in [0.2, 0.25) is 10.0 Å². The monoisotopic (exact) mass is 524 g/mol. The summed E-state index contributed by atoms with van der Waals surface area (Å²) in [4.78, 5) is 12.5. The van der Waals surface area contributed by atoms with E-state index in [4.69, 9.17) is 23.2 Å². The van der Waals surface area contributed by atoms with Gasteiger partial charge in [-0.15, -0.1) is 10.2 Å². The van der Waals surface area contributed by atoms with Gasteiger partial charge in [0.15, 0.2) is 0 Å². The van der Waals surface area contributed by atoms with Gasteiger partial charge in [0, 0.05) is 10.6 Å². The first-order chi connectivity index (χ1) is 14.8. The van der Waals surface area contributed by atoms with Crippen LogP contribution in [0.5, 0.6) is 0 Å². The minimum atomic E-state index is -4.73. The van der Waals surface area contributed by atoms with Gasteiger partial charge in [-0.1, -0.05) is 46.7 Å². The maximum Gasteiger partial charge on any atom is 0.416 e. The zero-order valence-corrected chi connectivity index (χ0v) is 19.2. The second-order valence-corrected chi connectivity index (χ2v) is 10.1. The first-order valence-electron chi connectivity index (χ1n) is 8.58. The molecule has 0 radical (unpaired) electrons. The summed E-state index contributed by atoms with van der Waals surface area (Å²) in [5.41, 5.74) is -0.887. The lowest BCUT2D eigenvalue weighted by Crippen LogP contribution is -2.37. The van der Waals surface area contributed by atoms with Gasteiger partial charge in [0.25, 0.3) is 0 Å². The molecule has 14 heteroatoms.